The number of aromatic nitrogens is 4. The molecule has 0 aliphatic carbocycles. The summed E-state index contributed by atoms with van der Waals surface area (Å²) < 4.78 is 40.3. The zero-order valence-corrected chi connectivity index (χ0v) is 18.0. The molecule has 0 spiro atoms. The fourth-order valence-electron chi connectivity index (χ4n) is 3.69. The van der Waals surface area contributed by atoms with Gasteiger partial charge in [0.15, 0.2) is 17.7 Å². The lowest BCUT2D eigenvalue weighted by molar-refractivity contribution is -0.188. The summed E-state index contributed by atoms with van der Waals surface area (Å²) in [6.45, 7) is -0.540. The number of aliphatic carboxylic acids is 2. The van der Waals surface area contributed by atoms with Gasteiger partial charge in [-0.05, 0) is 29.3 Å². The number of nitrogen functional groups attached to an aromatic ring is 1. The van der Waals surface area contributed by atoms with Gasteiger partial charge in [0.2, 0.25) is 5.28 Å². The van der Waals surface area contributed by atoms with E-state index in [0.717, 1.165) is 12.1 Å². The highest BCUT2D eigenvalue weighted by Gasteiger charge is 2.50. The third-order valence-electron chi connectivity index (χ3n) is 5.40. The molecule has 1 aliphatic heterocycles. The number of nitrogens with two attached hydrogens (primary N) is 1. The Labute approximate surface area is 195 Å². The molecule has 0 radical (unpaired) electrons. The van der Waals surface area contributed by atoms with E-state index in [1.807, 2.05) is 0 Å². The lowest BCUT2D eigenvalue weighted by Crippen LogP contribution is -2.52. The molecule has 1 aliphatic rings. The molecule has 1 fully saturated rings. The topological polar surface area (TPSA) is 163 Å². The Hall–Kier alpha value is -3.42. The third-order valence-corrected chi connectivity index (χ3v) is 5.57. The highest BCUT2D eigenvalue weighted by molar-refractivity contribution is 6.28. The monoisotopic (exact) mass is 497 g/mol. The van der Waals surface area contributed by atoms with Gasteiger partial charge >= 0.3 is 11.9 Å². The van der Waals surface area contributed by atoms with Crippen molar-refractivity contribution in [3.8, 4) is 0 Å². The first kappa shape index (κ1) is 23.7. The van der Waals surface area contributed by atoms with Crippen molar-refractivity contribution in [3.05, 3.63) is 47.3 Å². The van der Waals surface area contributed by atoms with Gasteiger partial charge in [-0.3, -0.25) is 4.57 Å². The van der Waals surface area contributed by atoms with E-state index in [2.05, 4.69) is 15.0 Å². The summed E-state index contributed by atoms with van der Waals surface area (Å²) in [5, 5.41) is 19.2. The van der Waals surface area contributed by atoms with E-state index in [1.54, 1.807) is 0 Å². The minimum atomic E-state index is -2.69. The Morgan fingerprint density at radius 3 is 2.59 bits per heavy atom. The van der Waals surface area contributed by atoms with Crippen LogP contribution in [-0.2, 0) is 25.5 Å². The molecule has 3 aromatic rings. The van der Waals surface area contributed by atoms with Crippen LogP contribution in [0.1, 0.15) is 18.2 Å². The van der Waals surface area contributed by atoms with Gasteiger partial charge in [-0.15, -0.1) is 0 Å². The van der Waals surface area contributed by atoms with Crippen LogP contribution in [0.4, 0.5) is 14.6 Å². The van der Waals surface area contributed by atoms with Gasteiger partial charge in [-0.1, -0.05) is 12.1 Å². The molecule has 180 valence electrons. The van der Waals surface area contributed by atoms with E-state index >= 15 is 0 Å². The molecule has 3 heterocycles. The van der Waals surface area contributed by atoms with Crippen molar-refractivity contribution in [3.63, 3.8) is 0 Å². The van der Waals surface area contributed by atoms with E-state index in [4.69, 9.17) is 26.8 Å². The molecule has 4 N–H and O–H groups in total. The van der Waals surface area contributed by atoms with Crippen molar-refractivity contribution < 1.29 is 38.1 Å². The Morgan fingerprint density at radius 2 is 1.94 bits per heavy atom. The first-order chi connectivity index (χ1) is 16.1. The molecule has 1 saturated heterocycles. The Kier molecular flexibility index (Phi) is 6.34. The minimum absolute atomic E-state index is 0.00414. The summed E-state index contributed by atoms with van der Waals surface area (Å²) in [6.07, 6.45) is -3.34. The van der Waals surface area contributed by atoms with Crippen molar-refractivity contribution in [1.82, 2.24) is 19.5 Å². The number of carbonyl (C=O) groups is 2. The first-order valence-electron chi connectivity index (χ1n) is 9.91. The van der Waals surface area contributed by atoms with Gasteiger partial charge < -0.3 is 25.4 Å². The van der Waals surface area contributed by atoms with Crippen molar-refractivity contribution in [2.45, 2.75) is 36.9 Å². The van der Waals surface area contributed by atoms with Crippen LogP contribution in [0.25, 0.3) is 11.2 Å². The van der Waals surface area contributed by atoms with Crippen LogP contribution in [0.15, 0.2) is 30.6 Å². The van der Waals surface area contributed by atoms with Crippen LogP contribution in [-0.4, -0.2) is 66.2 Å². The average Bonchev–Trinajstić information content (AvgIpc) is 3.35. The van der Waals surface area contributed by atoms with Gasteiger partial charge in [-0.25, -0.2) is 23.4 Å². The number of ether oxygens (including phenoxy) is 2. The molecule has 3 atom stereocenters. The molecule has 34 heavy (non-hydrogen) atoms. The molecule has 1 aromatic carbocycles. The number of hydrogen-bond donors (Lipinski definition) is 3. The van der Waals surface area contributed by atoms with Crippen LogP contribution in [0.2, 0.25) is 5.28 Å². The fraction of sp³-hybridized carbons (Fsp3) is 0.350. The molecule has 4 rings (SSSR count). The number of benzene rings is 1. The summed E-state index contributed by atoms with van der Waals surface area (Å²) in [6, 6.07) is 4.64. The van der Waals surface area contributed by atoms with Crippen LogP contribution in [0.3, 0.4) is 0 Å². The normalized spacial score (nSPS) is 20.6. The average molecular weight is 498 g/mol. The number of nitrogens with zero attached hydrogens (tertiary/aromatic N) is 4. The number of halogens is 3. The van der Waals surface area contributed by atoms with Crippen LogP contribution in [0, 0.1) is 5.82 Å². The SMILES string of the molecule is Nc1nc(Cl)nc2c1ncn2C1OC(COC(Cc2ccc(F)cc2)(C(=O)O)C(=O)O)CC1F. The summed E-state index contributed by atoms with van der Waals surface area (Å²) in [7, 11) is 0. The molecule has 11 nitrogen and oxygen atoms in total. The van der Waals surface area contributed by atoms with Crippen molar-refractivity contribution in [1.29, 1.82) is 0 Å². The van der Waals surface area contributed by atoms with Crippen LogP contribution < -0.4 is 5.73 Å². The molecule has 0 amide bonds. The number of carboxylic acid groups (broad SMARTS) is 2. The number of imidazole rings is 1. The fourth-order valence-corrected chi connectivity index (χ4v) is 3.86. The Bertz CT molecular complexity index is 1230. The van der Waals surface area contributed by atoms with Crippen molar-refractivity contribution in [2.24, 2.45) is 0 Å². The Morgan fingerprint density at radius 1 is 1.26 bits per heavy atom. The highest BCUT2D eigenvalue weighted by atomic mass is 35.5. The standard InChI is InChI=1S/C20H18ClF2N5O6/c21-19-26-14(24)13-15(27-19)28(8-25-13)16-12(23)5-11(34-16)7-33-20(17(29)30,18(31)32)6-9-1-3-10(22)4-2-9/h1-4,8,11-12,16H,5-7H2,(H,29,30)(H,31,32)(H2,24,26,27). The summed E-state index contributed by atoms with van der Waals surface area (Å²) >= 11 is 5.83. The largest absolute Gasteiger partial charge is 0.479 e. The number of hydrogen-bond acceptors (Lipinski definition) is 8. The zero-order valence-electron chi connectivity index (χ0n) is 17.3. The second-order valence-corrected chi connectivity index (χ2v) is 7.99. The third kappa shape index (κ3) is 4.36. The molecule has 3 unspecified atom stereocenters. The van der Waals surface area contributed by atoms with Gasteiger partial charge in [0, 0.05) is 12.8 Å². The van der Waals surface area contributed by atoms with E-state index in [-0.39, 0.29) is 34.2 Å². The second kappa shape index (κ2) is 9.08. The lowest BCUT2D eigenvalue weighted by atomic mass is 9.94. The number of carboxylic acids is 2. The van der Waals surface area contributed by atoms with Gasteiger partial charge in [-0.2, -0.15) is 9.97 Å². The highest BCUT2D eigenvalue weighted by Crippen LogP contribution is 2.35. The second-order valence-electron chi connectivity index (χ2n) is 7.65. The summed E-state index contributed by atoms with van der Waals surface area (Å²) in [4.78, 5) is 35.7. The maximum absolute atomic E-state index is 14.8. The van der Waals surface area contributed by atoms with Crippen molar-refractivity contribution >= 4 is 40.5 Å². The van der Waals surface area contributed by atoms with Crippen LogP contribution >= 0.6 is 11.6 Å². The molecule has 0 saturated carbocycles. The Balaban J connectivity index is 1.52. The van der Waals surface area contributed by atoms with Gasteiger partial charge in [0.05, 0.1) is 19.0 Å². The maximum Gasteiger partial charge on any atom is 0.348 e. The number of fused-ring (bicyclic) bond motifs is 1. The predicted molar refractivity (Wildman–Crippen MR) is 112 cm³/mol. The minimum Gasteiger partial charge on any atom is -0.479 e. The molecule has 0 bridgehead atoms. The molecule has 2 aromatic heterocycles. The van der Waals surface area contributed by atoms with Crippen molar-refractivity contribution in [2.75, 3.05) is 12.3 Å². The maximum atomic E-state index is 14.8. The van der Waals surface area contributed by atoms with E-state index in [0.29, 0.717) is 0 Å². The lowest BCUT2D eigenvalue weighted by Gasteiger charge is -2.27. The van der Waals surface area contributed by atoms with E-state index < -0.39 is 54.9 Å². The van der Waals surface area contributed by atoms with E-state index in [1.165, 1.54) is 23.0 Å². The van der Waals surface area contributed by atoms with E-state index in [9.17, 15) is 28.6 Å². The van der Waals surface area contributed by atoms with Gasteiger partial charge in [0.1, 0.15) is 17.5 Å². The quantitative estimate of drug-likeness (QED) is 0.310. The molecule has 14 heteroatoms. The molecular weight excluding hydrogens is 480 g/mol. The molecular formula is C20H18ClF2N5O6. The summed E-state index contributed by atoms with van der Waals surface area (Å²) in [5.74, 6) is -4.10. The van der Waals surface area contributed by atoms with Crippen LogP contribution in [0.5, 0.6) is 0 Å². The first-order valence-corrected chi connectivity index (χ1v) is 10.3. The smallest absolute Gasteiger partial charge is 0.348 e. The van der Waals surface area contributed by atoms with Gasteiger partial charge in [0.25, 0.3) is 5.60 Å². The zero-order chi connectivity index (χ0) is 24.6. The predicted octanol–water partition coefficient (Wildman–Crippen LogP) is 1.99. The number of alkyl halides is 1. The summed E-state index contributed by atoms with van der Waals surface area (Å²) in [5.41, 5.74) is 3.61. The number of anilines is 1. The number of rotatable bonds is 8.